The van der Waals surface area contributed by atoms with Crippen molar-refractivity contribution in [3.8, 4) is 0 Å². The highest BCUT2D eigenvalue weighted by Gasteiger charge is 2.01. The molecule has 0 aliphatic rings. The lowest BCUT2D eigenvalue weighted by Crippen LogP contribution is -1.98. The fraction of sp³-hybridized carbons (Fsp3) is 0.250. The molecule has 0 saturated carbocycles. The van der Waals surface area contributed by atoms with Crippen molar-refractivity contribution < 1.29 is 0 Å². The summed E-state index contributed by atoms with van der Waals surface area (Å²) < 4.78 is 0. The molecule has 0 fully saturated rings. The summed E-state index contributed by atoms with van der Waals surface area (Å²) in [6, 6.07) is 4.10. The van der Waals surface area contributed by atoms with E-state index in [2.05, 4.69) is 30.2 Å². The van der Waals surface area contributed by atoms with E-state index in [4.69, 9.17) is 5.73 Å². The number of hydrogen-bond donors (Lipinski definition) is 2. The highest BCUT2D eigenvalue weighted by molar-refractivity contribution is 7.12. The number of nitrogens with one attached hydrogen (secondary N) is 1. The third-order valence-electron chi connectivity index (χ3n) is 2.44. The molecular formula is C12H15N3S. The number of pyridine rings is 1. The van der Waals surface area contributed by atoms with E-state index >= 15 is 0 Å². The number of anilines is 2. The zero-order valence-electron chi connectivity index (χ0n) is 9.45. The van der Waals surface area contributed by atoms with E-state index in [1.807, 2.05) is 17.4 Å². The zero-order valence-corrected chi connectivity index (χ0v) is 10.3. The van der Waals surface area contributed by atoms with Crippen molar-refractivity contribution in [2.75, 3.05) is 11.1 Å². The topological polar surface area (TPSA) is 50.9 Å². The molecule has 2 heterocycles. The Labute approximate surface area is 99.3 Å². The molecular weight excluding hydrogens is 218 g/mol. The van der Waals surface area contributed by atoms with Gasteiger partial charge in [-0.25, -0.2) is 0 Å². The Hall–Kier alpha value is -1.55. The molecule has 84 valence electrons. The second-order valence-corrected chi connectivity index (χ2v) is 5.15. The van der Waals surface area contributed by atoms with Gasteiger partial charge in [0.1, 0.15) is 0 Å². The lowest BCUT2D eigenvalue weighted by atomic mass is 10.3. The molecule has 2 rings (SSSR count). The van der Waals surface area contributed by atoms with Gasteiger partial charge in [-0.1, -0.05) is 0 Å². The molecule has 0 atom stereocenters. The summed E-state index contributed by atoms with van der Waals surface area (Å²) in [7, 11) is 0. The predicted molar refractivity (Wildman–Crippen MR) is 69.8 cm³/mol. The molecule has 3 nitrogen and oxygen atoms in total. The Kier molecular flexibility index (Phi) is 3.10. The second kappa shape index (κ2) is 4.53. The first-order valence-electron chi connectivity index (χ1n) is 5.15. The zero-order chi connectivity index (χ0) is 11.5. The molecule has 2 aromatic rings. The van der Waals surface area contributed by atoms with Crippen LogP contribution in [0.15, 0.2) is 24.5 Å². The number of nitrogens with zero attached hydrogens (tertiary/aromatic N) is 1. The smallest absolute Gasteiger partial charge is 0.0550 e. The minimum atomic E-state index is 0.684. The largest absolute Gasteiger partial charge is 0.397 e. The van der Waals surface area contributed by atoms with Gasteiger partial charge >= 0.3 is 0 Å². The quantitative estimate of drug-likeness (QED) is 0.857. The minimum absolute atomic E-state index is 0.684. The van der Waals surface area contributed by atoms with Crippen LogP contribution in [0.25, 0.3) is 0 Å². The van der Waals surface area contributed by atoms with Gasteiger partial charge in [-0.15, -0.1) is 11.3 Å². The number of rotatable bonds is 3. The first kappa shape index (κ1) is 11.0. The van der Waals surface area contributed by atoms with Crippen molar-refractivity contribution in [1.82, 2.24) is 4.98 Å². The highest BCUT2D eigenvalue weighted by Crippen LogP contribution is 2.21. The van der Waals surface area contributed by atoms with Crippen LogP contribution in [0.5, 0.6) is 0 Å². The number of aromatic nitrogens is 1. The van der Waals surface area contributed by atoms with Crippen LogP contribution in [0.2, 0.25) is 0 Å². The van der Waals surface area contributed by atoms with Gasteiger partial charge in [0.15, 0.2) is 0 Å². The summed E-state index contributed by atoms with van der Waals surface area (Å²) in [6.07, 6.45) is 3.42. The Morgan fingerprint density at radius 1 is 1.31 bits per heavy atom. The summed E-state index contributed by atoms with van der Waals surface area (Å²) in [5, 5.41) is 3.31. The molecule has 0 radical (unpaired) electrons. The van der Waals surface area contributed by atoms with Gasteiger partial charge < -0.3 is 11.1 Å². The van der Waals surface area contributed by atoms with Crippen LogP contribution in [0.4, 0.5) is 11.4 Å². The van der Waals surface area contributed by atoms with Crippen molar-refractivity contribution >= 4 is 22.7 Å². The second-order valence-electron chi connectivity index (χ2n) is 3.81. The number of hydrogen-bond acceptors (Lipinski definition) is 4. The average Bonchev–Trinajstić information content (AvgIpc) is 2.56. The van der Waals surface area contributed by atoms with E-state index in [1.54, 1.807) is 12.4 Å². The van der Waals surface area contributed by atoms with Crippen molar-refractivity contribution in [2.45, 2.75) is 20.4 Å². The maximum atomic E-state index is 5.66. The fourth-order valence-electron chi connectivity index (χ4n) is 1.48. The van der Waals surface area contributed by atoms with Gasteiger partial charge in [0.25, 0.3) is 0 Å². The van der Waals surface area contributed by atoms with Crippen LogP contribution in [0.1, 0.15) is 15.3 Å². The molecule has 0 unspecified atom stereocenters. The van der Waals surface area contributed by atoms with Gasteiger partial charge in [0.2, 0.25) is 0 Å². The molecule has 3 N–H and O–H groups in total. The average molecular weight is 233 g/mol. The summed E-state index contributed by atoms with van der Waals surface area (Å²) in [4.78, 5) is 6.74. The monoisotopic (exact) mass is 233 g/mol. The molecule has 0 aromatic carbocycles. The van der Waals surface area contributed by atoms with Gasteiger partial charge in [-0.05, 0) is 31.5 Å². The lowest BCUT2D eigenvalue weighted by molar-refractivity contribution is 1.17. The van der Waals surface area contributed by atoms with Gasteiger partial charge in [0, 0.05) is 22.5 Å². The van der Waals surface area contributed by atoms with Gasteiger partial charge in [-0.2, -0.15) is 0 Å². The number of nitrogen functional groups attached to an aromatic ring is 1. The maximum absolute atomic E-state index is 5.66. The summed E-state index contributed by atoms with van der Waals surface area (Å²) >= 11 is 1.82. The lowest BCUT2D eigenvalue weighted by Gasteiger charge is -2.04. The first-order chi connectivity index (χ1) is 7.65. The van der Waals surface area contributed by atoms with Crippen molar-refractivity contribution in [3.05, 3.63) is 39.8 Å². The molecule has 4 heteroatoms. The highest BCUT2D eigenvalue weighted by atomic mass is 32.1. The van der Waals surface area contributed by atoms with E-state index in [9.17, 15) is 0 Å². The van der Waals surface area contributed by atoms with Gasteiger partial charge in [-0.3, -0.25) is 4.98 Å². The van der Waals surface area contributed by atoms with Crippen LogP contribution in [0.3, 0.4) is 0 Å². The van der Waals surface area contributed by atoms with Crippen LogP contribution in [-0.4, -0.2) is 4.98 Å². The van der Waals surface area contributed by atoms with E-state index in [1.165, 1.54) is 15.3 Å². The van der Waals surface area contributed by atoms with Crippen LogP contribution >= 0.6 is 11.3 Å². The predicted octanol–water partition coefficient (Wildman–Crippen LogP) is 2.95. The first-order valence-corrected chi connectivity index (χ1v) is 5.97. The SMILES string of the molecule is Cc1cc(CNc2cncc(N)c2)sc1C. The molecule has 0 spiro atoms. The number of thiophene rings is 1. The molecule has 2 aromatic heterocycles. The van der Waals surface area contributed by atoms with Crippen LogP contribution in [-0.2, 0) is 6.54 Å². The van der Waals surface area contributed by atoms with E-state index in [0.717, 1.165) is 12.2 Å². The molecule has 0 saturated heterocycles. The Balaban J connectivity index is 2.02. The standard InChI is InChI=1S/C12H15N3S/c1-8-3-12(16-9(8)2)7-15-11-4-10(13)5-14-6-11/h3-6,15H,7,13H2,1-2H3. The van der Waals surface area contributed by atoms with Gasteiger partial charge in [0.05, 0.1) is 17.6 Å². The van der Waals surface area contributed by atoms with Crippen LogP contribution in [0, 0.1) is 13.8 Å². The normalized spacial score (nSPS) is 10.4. The Morgan fingerprint density at radius 2 is 2.12 bits per heavy atom. The Morgan fingerprint density at radius 3 is 2.75 bits per heavy atom. The van der Waals surface area contributed by atoms with Crippen molar-refractivity contribution in [3.63, 3.8) is 0 Å². The maximum Gasteiger partial charge on any atom is 0.0550 e. The van der Waals surface area contributed by atoms with Crippen molar-refractivity contribution in [1.29, 1.82) is 0 Å². The van der Waals surface area contributed by atoms with E-state index < -0.39 is 0 Å². The Bertz CT molecular complexity index is 471. The number of nitrogens with two attached hydrogens (primary N) is 1. The molecule has 0 aliphatic heterocycles. The minimum Gasteiger partial charge on any atom is -0.397 e. The van der Waals surface area contributed by atoms with Crippen molar-refractivity contribution in [2.24, 2.45) is 0 Å². The number of aryl methyl sites for hydroxylation is 2. The summed E-state index contributed by atoms with van der Waals surface area (Å²) in [6.45, 7) is 5.10. The molecule has 0 amide bonds. The van der Waals surface area contributed by atoms with E-state index in [0.29, 0.717) is 5.69 Å². The molecule has 0 aliphatic carbocycles. The van der Waals surface area contributed by atoms with E-state index in [-0.39, 0.29) is 0 Å². The molecule has 0 bridgehead atoms. The third kappa shape index (κ3) is 2.52. The summed E-state index contributed by atoms with van der Waals surface area (Å²) in [5.74, 6) is 0. The summed E-state index contributed by atoms with van der Waals surface area (Å²) in [5.41, 5.74) is 8.66. The van der Waals surface area contributed by atoms with Crippen LogP contribution < -0.4 is 11.1 Å². The fourth-order valence-corrected chi connectivity index (χ4v) is 2.47. The molecule has 16 heavy (non-hydrogen) atoms. The third-order valence-corrected chi connectivity index (χ3v) is 3.60.